The third-order valence-corrected chi connectivity index (χ3v) is 6.24. The smallest absolute Gasteiger partial charge is 0.309 e. The minimum atomic E-state index is -1.41. The minimum Gasteiger partial charge on any atom is -0.481 e. The quantitative estimate of drug-likeness (QED) is 0.812. The van der Waals surface area contributed by atoms with E-state index in [-0.39, 0.29) is 0 Å². The number of aryl methyl sites for hydroxylation is 2. The van der Waals surface area contributed by atoms with Gasteiger partial charge in [-0.2, -0.15) is 0 Å². The lowest BCUT2D eigenvalue weighted by atomic mass is 9.67. The topological polar surface area (TPSA) is 66.8 Å². The molecule has 0 bridgehead atoms. The predicted molar refractivity (Wildman–Crippen MR) is 109 cm³/mol. The van der Waals surface area contributed by atoms with E-state index in [0.29, 0.717) is 12.8 Å². The standard InChI is InChI=1S/C24H30O4/c1-16-6-10-18(11-7-16)24(27,19-12-8-17(2)9-13-19)23(5)15-14-20(21(25)26)22(3,4)28-23/h6-13,20,27H,14-15H2,1-5H3,(H,25,26)/t20-,23-/m1/s1. The summed E-state index contributed by atoms with van der Waals surface area (Å²) in [5.74, 6) is -1.47. The molecule has 1 aliphatic heterocycles. The number of benzene rings is 2. The van der Waals surface area contributed by atoms with E-state index < -0.39 is 28.7 Å². The molecule has 0 amide bonds. The van der Waals surface area contributed by atoms with Crippen molar-refractivity contribution >= 4 is 5.97 Å². The van der Waals surface area contributed by atoms with E-state index in [1.807, 2.05) is 69.3 Å². The second kappa shape index (κ2) is 7.02. The zero-order chi connectivity index (χ0) is 20.7. The Kier molecular flexibility index (Phi) is 5.15. The van der Waals surface area contributed by atoms with E-state index in [2.05, 4.69) is 0 Å². The molecule has 0 aliphatic carbocycles. The van der Waals surface area contributed by atoms with Gasteiger partial charge in [-0.3, -0.25) is 4.79 Å². The van der Waals surface area contributed by atoms with Crippen molar-refractivity contribution in [2.24, 2.45) is 5.92 Å². The van der Waals surface area contributed by atoms with E-state index in [0.717, 1.165) is 22.3 Å². The molecule has 1 aliphatic rings. The van der Waals surface area contributed by atoms with E-state index in [1.165, 1.54) is 0 Å². The Morgan fingerprint density at radius 2 is 1.39 bits per heavy atom. The molecule has 1 fully saturated rings. The number of ether oxygens (including phenoxy) is 1. The first-order valence-corrected chi connectivity index (χ1v) is 9.79. The van der Waals surface area contributed by atoms with Gasteiger partial charge in [0.25, 0.3) is 0 Å². The summed E-state index contributed by atoms with van der Waals surface area (Å²) in [6.45, 7) is 9.51. The van der Waals surface area contributed by atoms with E-state index in [9.17, 15) is 15.0 Å². The Morgan fingerprint density at radius 3 is 1.75 bits per heavy atom. The van der Waals surface area contributed by atoms with Crippen LogP contribution in [0.5, 0.6) is 0 Å². The summed E-state index contributed by atoms with van der Waals surface area (Å²) in [7, 11) is 0. The Bertz CT molecular complexity index is 806. The molecule has 0 radical (unpaired) electrons. The third-order valence-electron chi connectivity index (χ3n) is 6.24. The molecule has 2 N–H and O–H groups in total. The van der Waals surface area contributed by atoms with E-state index >= 15 is 0 Å². The fourth-order valence-corrected chi connectivity index (χ4v) is 4.51. The van der Waals surface area contributed by atoms with Crippen LogP contribution in [-0.4, -0.2) is 27.4 Å². The van der Waals surface area contributed by atoms with Crippen molar-refractivity contribution in [1.29, 1.82) is 0 Å². The van der Waals surface area contributed by atoms with Crippen molar-refractivity contribution in [1.82, 2.24) is 0 Å². The van der Waals surface area contributed by atoms with Crippen LogP contribution in [0.25, 0.3) is 0 Å². The molecule has 4 nitrogen and oxygen atoms in total. The largest absolute Gasteiger partial charge is 0.481 e. The normalized spacial score (nSPS) is 24.7. The maximum absolute atomic E-state index is 12.2. The number of carboxylic acid groups (broad SMARTS) is 1. The first-order chi connectivity index (χ1) is 13.0. The second-order valence-electron chi connectivity index (χ2n) is 8.81. The molecule has 1 heterocycles. The maximum Gasteiger partial charge on any atom is 0.309 e. The Hall–Kier alpha value is -2.17. The maximum atomic E-state index is 12.2. The zero-order valence-electron chi connectivity index (χ0n) is 17.3. The van der Waals surface area contributed by atoms with Gasteiger partial charge in [-0.15, -0.1) is 0 Å². The molecular weight excluding hydrogens is 352 g/mol. The number of hydrogen-bond acceptors (Lipinski definition) is 3. The molecule has 0 saturated carbocycles. The van der Waals surface area contributed by atoms with Crippen molar-refractivity contribution < 1.29 is 19.7 Å². The highest BCUT2D eigenvalue weighted by Gasteiger charge is 2.57. The van der Waals surface area contributed by atoms with Crippen molar-refractivity contribution in [2.75, 3.05) is 0 Å². The molecule has 0 aromatic heterocycles. The van der Waals surface area contributed by atoms with Crippen LogP contribution in [-0.2, 0) is 15.1 Å². The van der Waals surface area contributed by atoms with E-state index in [4.69, 9.17) is 4.74 Å². The SMILES string of the molecule is Cc1ccc(C(O)(c2ccc(C)cc2)[C@@]2(C)CC[C@H](C(=O)O)C(C)(C)O2)cc1. The van der Waals surface area contributed by atoms with Gasteiger partial charge in [0, 0.05) is 0 Å². The Labute approximate surface area is 167 Å². The summed E-state index contributed by atoms with van der Waals surface area (Å²) >= 11 is 0. The first kappa shape index (κ1) is 20.6. The summed E-state index contributed by atoms with van der Waals surface area (Å²) in [4.78, 5) is 11.7. The van der Waals surface area contributed by atoms with Gasteiger partial charge in [-0.05, 0) is 58.6 Å². The van der Waals surface area contributed by atoms with Crippen molar-refractivity contribution in [3.8, 4) is 0 Å². The summed E-state index contributed by atoms with van der Waals surface area (Å²) in [5, 5.41) is 21.8. The van der Waals surface area contributed by atoms with Gasteiger partial charge in [-0.25, -0.2) is 0 Å². The van der Waals surface area contributed by atoms with Gasteiger partial charge >= 0.3 is 5.97 Å². The predicted octanol–water partition coefficient (Wildman–Crippen LogP) is 4.59. The molecule has 4 heteroatoms. The number of carboxylic acids is 1. The van der Waals surface area contributed by atoms with Crippen molar-refractivity contribution in [2.45, 2.75) is 64.3 Å². The molecule has 2 atom stereocenters. The van der Waals surface area contributed by atoms with Crippen LogP contribution < -0.4 is 0 Å². The minimum absolute atomic E-state index is 0.436. The van der Waals surface area contributed by atoms with Crippen molar-refractivity contribution in [3.05, 3.63) is 70.8 Å². The number of aliphatic carboxylic acids is 1. The van der Waals surface area contributed by atoms with Crippen LogP contribution in [0.2, 0.25) is 0 Å². The van der Waals surface area contributed by atoms with Gasteiger partial charge in [0.2, 0.25) is 0 Å². The third kappa shape index (κ3) is 3.36. The van der Waals surface area contributed by atoms with Gasteiger partial charge in [0.15, 0.2) is 0 Å². The van der Waals surface area contributed by atoms with Gasteiger partial charge in [0.05, 0.1) is 11.5 Å². The molecule has 2 aromatic carbocycles. The second-order valence-corrected chi connectivity index (χ2v) is 8.81. The highest BCUT2D eigenvalue weighted by molar-refractivity contribution is 5.71. The molecule has 2 aromatic rings. The monoisotopic (exact) mass is 382 g/mol. The lowest BCUT2D eigenvalue weighted by Crippen LogP contribution is -2.61. The van der Waals surface area contributed by atoms with Crippen LogP contribution in [0, 0.1) is 19.8 Å². The summed E-state index contributed by atoms with van der Waals surface area (Å²) < 4.78 is 6.44. The van der Waals surface area contributed by atoms with Gasteiger partial charge < -0.3 is 14.9 Å². The van der Waals surface area contributed by atoms with Crippen LogP contribution in [0.4, 0.5) is 0 Å². The average molecular weight is 383 g/mol. The van der Waals surface area contributed by atoms with Crippen molar-refractivity contribution in [3.63, 3.8) is 0 Å². The number of aliphatic hydroxyl groups is 1. The molecule has 150 valence electrons. The fourth-order valence-electron chi connectivity index (χ4n) is 4.51. The Balaban J connectivity index is 2.15. The molecule has 1 saturated heterocycles. The highest BCUT2D eigenvalue weighted by Crippen LogP contribution is 2.51. The highest BCUT2D eigenvalue weighted by atomic mass is 16.5. The van der Waals surface area contributed by atoms with Gasteiger partial charge in [-0.1, -0.05) is 59.7 Å². The zero-order valence-corrected chi connectivity index (χ0v) is 17.3. The molecule has 0 spiro atoms. The van der Waals surface area contributed by atoms with Crippen LogP contribution in [0.3, 0.4) is 0 Å². The fraction of sp³-hybridized carbons (Fsp3) is 0.458. The lowest BCUT2D eigenvalue weighted by Gasteiger charge is -2.54. The number of hydrogen-bond donors (Lipinski definition) is 2. The molecular formula is C24H30O4. The number of carbonyl (C=O) groups is 1. The summed E-state index contributed by atoms with van der Waals surface area (Å²) in [6.07, 6.45) is 0.879. The van der Waals surface area contributed by atoms with Gasteiger partial charge in [0.1, 0.15) is 11.2 Å². The lowest BCUT2D eigenvalue weighted by molar-refractivity contribution is -0.257. The van der Waals surface area contributed by atoms with Crippen LogP contribution in [0.15, 0.2) is 48.5 Å². The molecule has 28 heavy (non-hydrogen) atoms. The Morgan fingerprint density at radius 1 is 0.964 bits per heavy atom. The summed E-state index contributed by atoms with van der Waals surface area (Å²) in [5.41, 5.74) is 0.416. The molecule has 0 unspecified atom stereocenters. The number of rotatable bonds is 4. The van der Waals surface area contributed by atoms with Crippen LogP contribution >= 0.6 is 0 Å². The summed E-state index contributed by atoms with van der Waals surface area (Å²) in [6, 6.07) is 15.6. The van der Waals surface area contributed by atoms with Crippen LogP contribution in [0.1, 0.15) is 55.9 Å². The first-order valence-electron chi connectivity index (χ1n) is 9.79. The van der Waals surface area contributed by atoms with E-state index in [1.54, 1.807) is 13.8 Å². The molecule has 3 rings (SSSR count). The average Bonchev–Trinajstić information content (AvgIpc) is 2.61.